The van der Waals surface area contributed by atoms with E-state index in [0.29, 0.717) is 6.04 Å². The van der Waals surface area contributed by atoms with E-state index in [0.717, 1.165) is 41.7 Å². The highest BCUT2D eigenvalue weighted by molar-refractivity contribution is 7.18. The Balaban J connectivity index is 1.38. The van der Waals surface area contributed by atoms with Crippen LogP contribution in [0.5, 0.6) is 0 Å². The van der Waals surface area contributed by atoms with Gasteiger partial charge in [-0.25, -0.2) is 4.98 Å². The lowest BCUT2D eigenvalue weighted by Crippen LogP contribution is -2.45. The Kier molecular flexibility index (Phi) is 4.40. The number of hydrogen-bond acceptors (Lipinski definition) is 6. The van der Waals surface area contributed by atoms with Crippen LogP contribution in [0.2, 0.25) is 0 Å². The maximum Gasteiger partial charge on any atom is 0.151 e. The number of piperidine rings is 1. The summed E-state index contributed by atoms with van der Waals surface area (Å²) in [7, 11) is 0. The van der Waals surface area contributed by atoms with Crippen LogP contribution >= 0.6 is 11.3 Å². The molecule has 0 saturated carbocycles. The summed E-state index contributed by atoms with van der Waals surface area (Å²) in [6.07, 6.45) is 2.37. The molecular formula is C18H21N5S. The number of aryl methyl sites for hydroxylation is 1. The van der Waals surface area contributed by atoms with Crippen molar-refractivity contribution in [1.29, 1.82) is 0 Å². The summed E-state index contributed by atoms with van der Waals surface area (Å²) < 4.78 is 1.26. The predicted octanol–water partition coefficient (Wildman–Crippen LogP) is 3.15. The van der Waals surface area contributed by atoms with E-state index >= 15 is 0 Å². The van der Waals surface area contributed by atoms with Gasteiger partial charge >= 0.3 is 0 Å². The molecule has 2 aromatic heterocycles. The Morgan fingerprint density at radius 3 is 2.96 bits per heavy atom. The first-order valence-electron chi connectivity index (χ1n) is 8.41. The Hall–Kier alpha value is -2.05. The summed E-state index contributed by atoms with van der Waals surface area (Å²) in [5, 5.41) is 13.3. The van der Waals surface area contributed by atoms with Crippen LogP contribution in [-0.2, 0) is 6.54 Å². The topological polar surface area (TPSA) is 53.9 Å². The lowest BCUT2D eigenvalue weighted by atomic mass is 10.1. The molecule has 3 aromatic rings. The summed E-state index contributed by atoms with van der Waals surface area (Å²) in [6.45, 7) is 4.83. The van der Waals surface area contributed by atoms with E-state index in [1.807, 2.05) is 19.1 Å². The highest BCUT2D eigenvalue weighted by Gasteiger charge is 2.21. The number of benzene rings is 1. The number of hydrogen-bond donors (Lipinski definition) is 1. The molecule has 0 unspecified atom stereocenters. The van der Waals surface area contributed by atoms with Crippen LogP contribution in [0.1, 0.15) is 23.5 Å². The quantitative estimate of drug-likeness (QED) is 0.791. The van der Waals surface area contributed by atoms with E-state index in [1.165, 1.54) is 17.5 Å². The fourth-order valence-electron chi connectivity index (χ4n) is 3.14. The number of nitrogens with one attached hydrogen (secondary N) is 1. The van der Waals surface area contributed by atoms with Crippen LogP contribution in [0.4, 0.5) is 5.82 Å². The molecule has 4 rings (SSSR count). The third-order valence-corrected chi connectivity index (χ3v) is 5.45. The van der Waals surface area contributed by atoms with Gasteiger partial charge in [-0.05, 0) is 44.0 Å². The van der Waals surface area contributed by atoms with Gasteiger partial charge in [-0.1, -0.05) is 12.1 Å². The molecule has 1 N–H and O–H groups in total. The molecule has 1 atom stereocenters. The van der Waals surface area contributed by atoms with Crippen molar-refractivity contribution in [2.75, 3.05) is 18.0 Å². The van der Waals surface area contributed by atoms with Crippen molar-refractivity contribution in [3.63, 3.8) is 0 Å². The minimum absolute atomic E-state index is 0.467. The van der Waals surface area contributed by atoms with Crippen LogP contribution in [0.3, 0.4) is 0 Å². The Labute approximate surface area is 145 Å². The maximum absolute atomic E-state index is 4.70. The second kappa shape index (κ2) is 6.83. The average molecular weight is 339 g/mol. The molecule has 0 radical (unpaired) electrons. The minimum atomic E-state index is 0.467. The molecule has 0 amide bonds. The van der Waals surface area contributed by atoms with Crippen LogP contribution in [-0.4, -0.2) is 34.3 Å². The summed E-state index contributed by atoms with van der Waals surface area (Å²) >= 11 is 1.78. The van der Waals surface area contributed by atoms with Gasteiger partial charge in [-0.15, -0.1) is 16.4 Å². The fraction of sp³-hybridized carbons (Fsp3) is 0.389. The second-order valence-corrected chi connectivity index (χ2v) is 7.39. The number of rotatable bonds is 4. The molecule has 124 valence electrons. The first kappa shape index (κ1) is 15.5. The van der Waals surface area contributed by atoms with E-state index in [9.17, 15) is 0 Å². The normalized spacial score (nSPS) is 18.2. The highest BCUT2D eigenvalue weighted by atomic mass is 32.1. The molecule has 0 spiro atoms. The molecule has 3 heterocycles. The van der Waals surface area contributed by atoms with Gasteiger partial charge in [0.05, 0.1) is 15.9 Å². The van der Waals surface area contributed by atoms with E-state index in [2.05, 4.69) is 44.7 Å². The summed E-state index contributed by atoms with van der Waals surface area (Å²) in [5.41, 5.74) is 2.06. The highest BCUT2D eigenvalue weighted by Crippen LogP contribution is 2.22. The zero-order valence-electron chi connectivity index (χ0n) is 13.8. The maximum atomic E-state index is 4.70. The monoisotopic (exact) mass is 339 g/mol. The van der Waals surface area contributed by atoms with Crippen LogP contribution in [0.15, 0.2) is 36.4 Å². The Morgan fingerprint density at radius 2 is 2.12 bits per heavy atom. The van der Waals surface area contributed by atoms with Gasteiger partial charge < -0.3 is 10.2 Å². The standard InChI is InChI=1S/C18H21N5S/c1-13-8-9-17(22-21-13)23-10-4-5-14(12-23)19-11-18-20-15-6-2-3-7-16(15)24-18/h2-3,6-9,14,19H,4-5,10-12H2,1H3/t14-/m0/s1. The summed E-state index contributed by atoms with van der Waals surface area (Å²) in [4.78, 5) is 7.03. The SMILES string of the molecule is Cc1ccc(N2CCC[C@H](NCc3nc4ccccc4s3)C2)nn1. The Bertz CT molecular complexity index is 781. The van der Waals surface area contributed by atoms with Crippen LogP contribution in [0.25, 0.3) is 10.2 Å². The zero-order chi connectivity index (χ0) is 16.4. The van der Waals surface area contributed by atoms with Gasteiger partial charge in [0.15, 0.2) is 5.82 Å². The lowest BCUT2D eigenvalue weighted by Gasteiger charge is -2.33. The van der Waals surface area contributed by atoms with Crippen molar-refractivity contribution in [1.82, 2.24) is 20.5 Å². The summed E-state index contributed by atoms with van der Waals surface area (Å²) in [6, 6.07) is 12.9. The fourth-order valence-corrected chi connectivity index (χ4v) is 4.06. The minimum Gasteiger partial charge on any atom is -0.354 e. The van der Waals surface area contributed by atoms with E-state index in [-0.39, 0.29) is 0 Å². The number of para-hydroxylation sites is 1. The molecule has 1 aromatic carbocycles. The van der Waals surface area contributed by atoms with Crippen molar-refractivity contribution in [2.45, 2.75) is 32.4 Å². The molecule has 0 aliphatic carbocycles. The lowest BCUT2D eigenvalue weighted by molar-refractivity contribution is 0.419. The molecule has 0 bridgehead atoms. The van der Waals surface area contributed by atoms with Gasteiger partial charge in [0.25, 0.3) is 0 Å². The van der Waals surface area contributed by atoms with Gasteiger partial charge in [-0.2, -0.15) is 5.10 Å². The molecule has 1 saturated heterocycles. The third kappa shape index (κ3) is 3.39. The van der Waals surface area contributed by atoms with Crippen molar-refractivity contribution < 1.29 is 0 Å². The number of thiazole rings is 1. The van der Waals surface area contributed by atoms with Crippen molar-refractivity contribution in [2.24, 2.45) is 0 Å². The van der Waals surface area contributed by atoms with Crippen molar-refractivity contribution >= 4 is 27.4 Å². The summed E-state index contributed by atoms with van der Waals surface area (Å²) in [5.74, 6) is 0.979. The molecule has 1 aliphatic heterocycles. The van der Waals surface area contributed by atoms with E-state index < -0.39 is 0 Å². The number of fused-ring (bicyclic) bond motifs is 1. The van der Waals surface area contributed by atoms with Gasteiger partial charge in [0.2, 0.25) is 0 Å². The first-order valence-corrected chi connectivity index (χ1v) is 9.23. The molecule has 6 heteroatoms. The molecule has 1 fully saturated rings. The Morgan fingerprint density at radius 1 is 1.21 bits per heavy atom. The van der Waals surface area contributed by atoms with Crippen molar-refractivity contribution in [3.05, 3.63) is 47.1 Å². The average Bonchev–Trinajstić information content (AvgIpc) is 3.04. The second-order valence-electron chi connectivity index (χ2n) is 6.27. The number of anilines is 1. The van der Waals surface area contributed by atoms with Gasteiger partial charge in [-0.3, -0.25) is 0 Å². The molecule has 5 nitrogen and oxygen atoms in total. The zero-order valence-corrected chi connectivity index (χ0v) is 14.6. The molecule has 24 heavy (non-hydrogen) atoms. The molecule has 1 aliphatic rings. The van der Waals surface area contributed by atoms with Gasteiger partial charge in [0, 0.05) is 25.7 Å². The molecular weight excluding hydrogens is 318 g/mol. The van der Waals surface area contributed by atoms with Gasteiger partial charge in [0.1, 0.15) is 5.01 Å². The van der Waals surface area contributed by atoms with Crippen LogP contribution in [0, 0.1) is 6.92 Å². The van der Waals surface area contributed by atoms with E-state index in [1.54, 1.807) is 11.3 Å². The largest absolute Gasteiger partial charge is 0.354 e. The number of nitrogens with zero attached hydrogens (tertiary/aromatic N) is 4. The predicted molar refractivity (Wildman–Crippen MR) is 98.5 cm³/mol. The third-order valence-electron chi connectivity index (χ3n) is 4.41. The smallest absolute Gasteiger partial charge is 0.151 e. The van der Waals surface area contributed by atoms with Crippen LogP contribution < -0.4 is 10.2 Å². The van der Waals surface area contributed by atoms with Crippen molar-refractivity contribution in [3.8, 4) is 0 Å². The first-order chi connectivity index (χ1) is 11.8. The number of aromatic nitrogens is 3. The van der Waals surface area contributed by atoms with E-state index in [4.69, 9.17) is 4.98 Å².